The summed E-state index contributed by atoms with van der Waals surface area (Å²) in [6, 6.07) is 0. The van der Waals surface area contributed by atoms with E-state index in [0.29, 0.717) is 0 Å². The quantitative estimate of drug-likeness (QED) is 0.788. The van der Waals surface area contributed by atoms with E-state index in [9.17, 15) is 0 Å². The zero-order valence-corrected chi connectivity index (χ0v) is 14.1. The van der Waals surface area contributed by atoms with Crippen molar-refractivity contribution in [3.63, 3.8) is 0 Å². The minimum absolute atomic E-state index is 0.919. The summed E-state index contributed by atoms with van der Waals surface area (Å²) in [5.74, 6) is 1.86. The molecular formula is C18H35N3. The van der Waals surface area contributed by atoms with Crippen molar-refractivity contribution in [2.24, 2.45) is 11.8 Å². The third kappa shape index (κ3) is 4.94. The number of hydrogen-bond acceptors (Lipinski definition) is 3. The van der Waals surface area contributed by atoms with Crippen LogP contribution in [-0.2, 0) is 0 Å². The van der Waals surface area contributed by atoms with E-state index in [0.717, 1.165) is 11.8 Å². The van der Waals surface area contributed by atoms with E-state index in [2.05, 4.69) is 21.7 Å². The second-order valence-corrected chi connectivity index (χ2v) is 7.90. The maximum absolute atomic E-state index is 2.80. The fourth-order valence-electron chi connectivity index (χ4n) is 4.75. The number of hydrogen-bond donors (Lipinski definition) is 0. The molecule has 0 saturated carbocycles. The van der Waals surface area contributed by atoms with Crippen LogP contribution >= 0.6 is 0 Å². The summed E-state index contributed by atoms with van der Waals surface area (Å²) in [7, 11) is 2.31. The van der Waals surface area contributed by atoms with Gasteiger partial charge < -0.3 is 14.7 Å². The van der Waals surface area contributed by atoms with Crippen molar-refractivity contribution in [3.05, 3.63) is 0 Å². The molecule has 3 heterocycles. The summed E-state index contributed by atoms with van der Waals surface area (Å²) < 4.78 is 0. The van der Waals surface area contributed by atoms with Gasteiger partial charge in [0, 0.05) is 26.2 Å². The lowest BCUT2D eigenvalue weighted by atomic mass is 9.95. The average molecular weight is 293 g/mol. The van der Waals surface area contributed by atoms with Crippen molar-refractivity contribution in [2.75, 3.05) is 59.4 Å². The minimum Gasteiger partial charge on any atom is -0.306 e. The van der Waals surface area contributed by atoms with Gasteiger partial charge in [0.2, 0.25) is 0 Å². The molecule has 0 aliphatic carbocycles. The van der Waals surface area contributed by atoms with Gasteiger partial charge in [-0.25, -0.2) is 0 Å². The van der Waals surface area contributed by atoms with Crippen molar-refractivity contribution in [2.45, 2.75) is 44.9 Å². The Labute approximate surface area is 131 Å². The molecule has 21 heavy (non-hydrogen) atoms. The zero-order valence-electron chi connectivity index (χ0n) is 14.1. The number of likely N-dealkylation sites (tertiary alicyclic amines) is 3. The van der Waals surface area contributed by atoms with Gasteiger partial charge in [-0.2, -0.15) is 0 Å². The van der Waals surface area contributed by atoms with E-state index < -0.39 is 0 Å². The van der Waals surface area contributed by atoms with E-state index >= 15 is 0 Å². The molecule has 0 aromatic carbocycles. The normalized spacial score (nSPS) is 34.1. The lowest BCUT2D eigenvalue weighted by Gasteiger charge is -2.36. The smallest absolute Gasteiger partial charge is 0.00220 e. The molecule has 3 rings (SSSR count). The highest BCUT2D eigenvalue weighted by Crippen LogP contribution is 2.23. The van der Waals surface area contributed by atoms with Gasteiger partial charge in [-0.15, -0.1) is 0 Å². The van der Waals surface area contributed by atoms with Crippen LogP contribution in [-0.4, -0.2) is 74.1 Å². The first-order valence-corrected chi connectivity index (χ1v) is 9.43. The van der Waals surface area contributed by atoms with Crippen LogP contribution in [0.1, 0.15) is 44.9 Å². The Morgan fingerprint density at radius 1 is 0.667 bits per heavy atom. The van der Waals surface area contributed by atoms with Gasteiger partial charge in [0.1, 0.15) is 0 Å². The summed E-state index contributed by atoms with van der Waals surface area (Å²) in [6.07, 6.45) is 10.1. The molecule has 2 atom stereocenters. The molecule has 3 fully saturated rings. The van der Waals surface area contributed by atoms with E-state index in [1.807, 2.05) is 0 Å². The molecule has 122 valence electrons. The molecule has 3 heteroatoms. The van der Waals surface area contributed by atoms with Crippen molar-refractivity contribution in [1.29, 1.82) is 0 Å². The first-order valence-electron chi connectivity index (χ1n) is 9.43. The summed E-state index contributed by atoms with van der Waals surface area (Å²) in [5.41, 5.74) is 0. The topological polar surface area (TPSA) is 9.72 Å². The highest BCUT2D eigenvalue weighted by atomic mass is 15.2. The molecule has 3 aliphatic rings. The third-order valence-electron chi connectivity index (χ3n) is 5.81. The predicted molar refractivity (Wildman–Crippen MR) is 89.7 cm³/mol. The number of nitrogens with zero attached hydrogens (tertiary/aromatic N) is 3. The summed E-state index contributed by atoms with van der Waals surface area (Å²) in [6.45, 7) is 10.8. The van der Waals surface area contributed by atoms with Crippen LogP contribution in [0.25, 0.3) is 0 Å². The number of piperidine rings is 1. The highest BCUT2D eigenvalue weighted by molar-refractivity contribution is 4.80. The third-order valence-corrected chi connectivity index (χ3v) is 5.81. The minimum atomic E-state index is 0.919. The fourth-order valence-corrected chi connectivity index (χ4v) is 4.75. The first kappa shape index (κ1) is 15.8. The second-order valence-electron chi connectivity index (χ2n) is 7.90. The predicted octanol–water partition coefficient (Wildman–Crippen LogP) is 2.53. The Balaban J connectivity index is 1.44. The number of rotatable bonds is 4. The molecule has 3 aliphatic heterocycles. The Morgan fingerprint density at radius 3 is 2.14 bits per heavy atom. The van der Waals surface area contributed by atoms with Crippen LogP contribution in [0.2, 0.25) is 0 Å². The lowest BCUT2D eigenvalue weighted by molar-refractivity contribution is 0.118. The molecule has 0 aromatic rings. The van der Waals surface area contributed by atoms with Crippen LogP contribution in [0.4, 0.5) is 0 Å². The molecule has 0 N–H and O–H groups in total. The van der Waals surface area contributed by atoms with Gasteiger partial charge in [-0.1, -0.05) is 6.42 Å². The Hall–Kier alpha value is -0.120. The molecule has 0 bridgehead atoms. The van der Waals surface area contributed by atoms with E-state index in [-0.39, 0.29) is 0 Å². The Bertz CT molecular complexity index is 301. The molecule has 0 aromatic heterocycles. The second kappa shape index (κ2) is 7.94. The molecule has 0 spiro atoms. The van der Waals surface area contributed by atoms with Crippen molar-refractivity contribution in [3.8, 4) is 0 Å². The van der Waals surface area contributed by atoms with Gasteiger partial charge in [0.25, 0.3) is 0 Å². The Morgan fingerprint density at radius 2 is 1.29 bits per heavy atom. The monoisotopic (exact) mass is 293 g/mol. The molecule has 2 unspecified atom stereocenters. The molecule has 0 radical (unpaired) electrons. The van der Waals surface area contributed by atoms with Gasteiger partial charge in [-0.05, 0) is 83.6 Å². The first-order chi connectivity index (χ1) is 10.3. The van der Waals surface area contributed by atoms with Gasteiger partial charge in [0.15, 0.2) is 0 Å². The van der Waals surface area contributed by atoms with Gasteiger partial charge in [0.05, 0.1) is 0 Å². The SMILES string of the molecule is CN1CCCCC(CN2CCCC(CN3CCCC3)C2)C1. The van der Waals surface area contributed by atoms with Crippen LogP contribution in [0.5, 0.6) is 0 Å². The maximum Gasteiger partial charge on any atom is 0.00220 e. The van der Waals surface area contributed by atoms with Crippen LogP contribution < -0.4 is 0 Å². The van der Waals surface area contributed by atoms with Crippen molar-refractivity contribution in [1.82, 2.24) is 14.7 Å². The fraction of sp³-hybridized carbons (Fsp3) is 1.00. The van der Waals surface area contributed by atoms with Crippen LogP contribution in [0.3, 0.4) is 0 Å². The van der Waals surface area contributed by atoms with Gasteiger partial charge >= 0.3 is 0 Å². The molecule has 3 nitrogen and oxygen atoms in total. The van der Waals surface area contributed by atoms with Gasteiger partial charge in [-0.3, -0.25) is 0 Å². The molecule has 0 amide bonds. The zero-order chi connectivity index (χ0) is 14.5. The van der Waals surface area contributed by atoms with E-state index in [1.54, 1.807) is 0 Å². The van der Waals surface area contributed by atoms with Crippen molar-refractivity contribution < 1.29 is 0 Å². The highest BCUT2D eigenvalue weighted by Gasteiger charge is 2.25. The summed E-state index contributed by atoms with van der Waals surface area (Å²) in [5, 5.41) is 0. The summed E-state index contributed by atoms with van der Waals surface area (Å²) in [4.78, 5) is 8.07. The maximum atomic E-state index is 2.80. The molecular weight excluding hydrogens is 258 g/mol. The summed E-state index contributed by atoms with van der Waals surface area (Å²) >= 11 is 0. The van der Waals surface area contributed by atoms with Crippen LogP contribution in [0.15, 0.2) is 0 Å². The largest absolute Gasteiger partial charge is 0.306 e. The lowest BCUT2D eigenvalue weighted by Crippen LogP contribution is -2.43. The van der Waals surface area contributed by atoms with E-state index in [1.165, 1.54) is 97.3 Å². The molecule has 3 saturated heterocycles. The van der Waals surface area contributed by atoms with Crippen molar-refractivity contribution >= 4 is 0 Å². The average Bonchev–Trinajstić information content (AvgIpc) is 2.88. The Kier molecular flexibility index (Phi) is 5.96. The van der Waals surface area contributed by atoms with E-state index in [4.69, 9.17) is 0 Å². The standard InChI is InChI=1S/C18H35N3/c1-19-9-3-2-7-17(13-19)15-21-12-6-8-18(16-21)14-20-10-4-5-11-20/h17-18H,2-16H2,1H3. The van der Waals surface area contributed by atoms with Crippen LogP contribution in [0, 0.1) is 11.8 Å².